The number of likely N-dealkylation sites (tertiary alicyclic amines) is 1. The smallest absolute Gasteiger partial charge is 0.128 e. The molecular formula is C18H24N2OS. The maximum absolute atomic E-state index is 5.54. The van der Waals surface area contributed by atoms with Gasteiger partial charge in [0.15, 0.2) is 0 Å². The van der Waals surface area contributed by atoms with Crippen LogP contribution in [-0.2, 0) is 6.54 Å². The Kier molecular flexibility index (Phi) is 4.50. The summed E-state index contributed by atoms with van der Waals surface area (Å²) in [5, 5.41) is 0. The van der Waals surface area contributed by atoms with E-state index >= 15 is 0 Å². The first kappa shape index (κ1) is 15.5. The van der Waals surface area contributed by atoms with Crippen LogP contribution in [0.5, 0.6) is 5.75 Å². The second-order valence-electron chi connectivity index (χ2n) is 6.12. The SMILES string of the molecule is COc1c(C)cnc(CN2CCCC2c2ccc(C)s2)c1C. The van der Waals surface area contributed by atoms with Crippen molar-refractivity contribution < 1.29 is 4.74 Å². The Morgan fingerprint density at radius 3 is 2.82 bits per heavy atom. The number of thiophene rings is 1. The summed E-state index contributed by atoms with van der Waals surface area (Å²) >= 11 is 1.93. The largest absolute Gasteiger partial charge is 0.496 e. The minimum Gasteiger partial charge on any atom is -0.496 e. The van der Waals surface area contributed by atoms with Crippen molar-refractivity contribution in [2.75, 3.05) is 13.7 Å². The second kappa shape index (κ2) is 6.39. The van der Waals surface area contributed by atoms with Gasteiger partial charge in [0.25, 0.3) is 0 Å². The van der Waals surface area contributed by atoms with E-state index in [0.29, 0.717) is 6.04 Å². The molecule has 0 radical (unpaired) electrons. The number of nitrogens with zero attached hydrogens (tertiary/aromatic N) is 2. The number of aryl methyl sites for hydroxylation is 2. The molecule has 0 bridgehead atoms. The molecule has 1 saturated heterocycles. The van der Waals surface area contributed by atoms with Gasteiger partial charge in [-0.05, 0) is 52.3 Å². The third-order valence-corrected chi connectivity index (χ3v) is 5.66. The van der Waals surface area contributed by atoms with Crippen LogP contribution < -0.4 is 4.74 Å². The Bertz CT molecular complexity index is 665. The van der Waals surface area contributed by atoms with Crippen molar-refractivity contribution in [2.24, 2.45) is 0 Å². The van der Waals surface area contributed by atoms with Crippen molar-refractivity contribution >= 4 is 11.3 Å². The van der Waals surface area contributed by atoms with Crippen molar-refractivity contribution in [2.45, 2.75) is 46.2 Å². The zero-order valence-corrected chi connectivity index (χ0v) is 14.7. The summed E-state index contributed by atoms with van der Waals surface area (Å²) in [6.07, 6.45) is 4.45. The first-order valence-electron chi connectivity index (χ1n) is 7.89. The summed E-state index contributed by atoms with van der Waals surface area (Å²) in [4.78, 5) is 10.1. The van der Waals surface area contributed by atoms with E-state index in [-0.39, 0.29) is 0 Å². The van der Waals surface area contributed by atoms with Crippen LogP contribution in [0.1, 0.15) is 45.5 Å². The topological polar surface area (TPSA) is 25.4 Å². The first-order valence-corrected chi connectivity index (χ1v) is 8.71. The van der Waals surface area contributed by atoms with Crippen LogP contribution in [0.2, 0.25) is 0 Å². The van der Waals surface area contributed by atoms with Gasteiger partial charge in [0, 0.05) is 39.7 Å². The maximum atomic E-state index is 5.54. The minimum absolute atomic E-state index is 0.548. The molecule has 0 aliphatic carbocycles. The maximum Gasteiger partial charge on any atom is 0.128 e. The number of aromatic nitrogens is 1. The first-order chi connectivity index (χ1) is 10.6. The molecule has 2 aromatic heterocycles. The summed E-state index contributed by atoms with van der Waals surface area (Å²) in [5.74, 6) is 0.979. The average molecular weight is 316 g/mol. The quantitative estimate of drug-likeness (QED) is 0.835. The fourth-order valence-corrected chi connectivity index (χ4v) is 4.44. The van der Waals surface area contributed by atoms with Gasteiger partial charge >= 0.3 is 0 Å². The predicted octanol–water partition coefficient (Wildman–Crippen LogP) is 4.41. The summed E-state index contributed by atoms with van der Waals surface area (Å²) in [7, 11) is 1.74. The molecule has 1 aliphatic heterocycles. The minimum atomic E-state index is 0.548. The number of hydrogen-bond donors (Lipinski definition) is 0. The van der Waals surface area contributed by atoms with E-state index in [1.165, 1.54) is 28.2 Å². The Morgan fingerprint density at radius 1 is 1.32 bits per heavy atom. The van der Waals surface area contributed by atoms with Crippen LogP contribution in [0.15, 0.2) is 18.3 Å². The van der Waals surface area contributed by atoms with Gasteiger partial charge in [-0.25, -0.2) is 0 Å². The van der Waals surface area contributed by atoms with E-state index in [9.17, 15) is 0 Å². The van der Waals surface area contributed by atoms with Crippen LogP contribution in [0.3, 0.4) is 0 Å². The molecule has 3 nitrogen and oxygen atoms in total. The zero-order valence-electron chi connectivity index (χ0n) is 13.8. The van der Waals surface area contributed by atoms with Gasteiger partial charge in [-0.2, -0.15) is 0 Å². The third kappa shape index (κ3) is 2.90. The molecular weight excluding hydrogens is 292 g/mol. The number of methoxy groups -OCH3 is 1. The van der Waals surface area contributed by atoms with Gasteiger partial charge in [-0.3, -0.25) is 9.88 Å². The van der Waals surface area contributed by atoms with Crippen molar-refractivity contribution in [1.82, 2.24) is 9.88 Å². The van der Waals surface area contributed by atoms with E-state index in [0.717, 1.165) is 30.1 Å². The van der Waals surface area contributed by atoms with Crippen molar-refractivity contribution in [3.05, 3.63) is 44.9 Å². The number of pyridine rings is 1. The highest BCUT2D eigenvalue weighted by molar-refractivity contribution is 7.12. The number of ether oxygens (including phenoxy) is 1. The van der Waals surface area contributed by atoms with Gasteiger partial charge in [-0.15, -0.1) is 11.3 Å². The molecule has 0 saturated carbocycles. The highest BCUT2D eigenvalue weighted by Gasteiger charge is 2.28. The lowest BCUT2D eigenvalue weighted by molar-refractivity contribution is 0.247. The summed E-state index contributed by atoms with van der Waals surface area (Å²) in [6.45, 7) is 8.41. The van der Waals surface area contributed by atoms with Gasteiger partial charge in [0.1, 0.15) is 5.75 Å². The Morgan fingerprint density at radius 2 is 2.14 bits per heavy atom. The predicted molar refractivity (Wildman–Crippen MR) is 91.7 cm³/mol. The van der Waals surface area contributed by atoms with E-state index < -0.39 is 0 Å². The van der Waals surface area contributed by atoms with Crippen LogP contribution in [-0.4, -0.2) is 23.5 Å². The monoisotopic (exact) mass is 316 g/mol. The van der Waals surface area contributed by atoms with E-state index in [4.69, 9.17) is 4.74 Å². The van der Waals surface area contributed by atoms with Gasteiger partial charge in [0.2, 0.25) is 0 Å². The Balaban J connectivity index is 1.83. The van der Waals surface area contributed by atoms with Crippen LogP contribution in [0.4, 0.5) is 0 Å². The molecule has 0 amide bonds. The van der Waals surface area contributed by atoms with E-state index in [1.54, 1.807) is 7.11 Å². The normalized spacial score (nSPS) is 18.8. The average Bonchev–Trinajstić information content (AvgIpc) is 3.11. The molecule has 0 aromatic carbocycles. The molecule has 1 unspecified atom stereocenters. The fraction of sp³-hybridized carbons (Fsp3) is 0.500. The van der Waals surface area contributed by atoms with E-state index in [1.807, 2.05) is 17.5 Å². The molecule has 3 rings (SSSR count). The van der Waals surface area contributed by atoms with Gasteiger partial charge in [0.05, 0.1) is 12.8 Å². The highest BCUT2D eigenvalue weighted by Crippen LogP contribution is 2.37. The molecule has 3 heterocycles. The van der Waals surface area contributed by atoms with Gasteiger partial charge in [-0.1, -0.05) is 0 Å². The molecule has 4 heteroatoms. The number of hydrogen-bond acceptors (Lipinski definition) is 4. The zero-order chi connectivity index (χ0) is 15.7. The standard InChI is InChI=1S/C18H24N2OS/c1-12-10-19-15(14(3)18(12)21-4)11-20-9-5-6-16(20)17-8-7-13(2)22-17/h7-8,10,16H,5-6,9,11H2,1-4H3. The molecule has 118 valence electrons. The summed E-state index contributed by atoms with van der Waals surface area (Å²) in [6, 6.07) is 5.07. The summed E-state index contributed by atoms with van der Waals surface area (Å²) in [5.41, 5.74) is 3.42. The van der Waals surface area contributed by atoms with Crippen molar-refractivity contribution in [1.29, 1.82) is 0 Å². The Hall–Kier alpha value is -1.39. The van der Waals surface area contributed by atoms with Gasteiger partial charge < -0.3 is 4.74 Å². The van der Waals surface area contributed by atoms with Crippen molar-refractivity contribution in [3.63, 3.8) is 0 Å². The molecule has 0 spiro atoms. The molecule has 22 heavy (non-hydrogen) atoms. The lowest BCUT2D eigenvalue weighted by Gasteiger charge is -2.24. The molecule has 0 N–H and O–H groups in total. The molecule has 1 fully saturated rings. The van der Waals surface area contributed by atoms with Crippen LogP contribution >= 0.6 is 11.3 Å². The molecule has 2 aromatic rings. The summed E-state index contributed by atoms with van der Waals surface area (Å²) < 4.78 is 5.54. The number of rotatable bonds is 4. The lowest BCUT2D eigenvalue weighted by atomic mass is 10.1. The van der Waals surface area contributed by atoms with Crippen molar-refractivity contribution in [3.8, 4) is 5.75 Å². The third-order valence-electron chi connectivity index (χ3n) is 4.56. The molecule has 1 atom stereocenters. The fourth-order valence-electron chi connectivity index (χ4n) is 3.39. The molecule has 1 aliphatic rings. The lowest BCUT2D eigenvalue weighted by Crippen LogP contribution is -2.23. The van der Waals surface area contributed by atoms with Crippen LogP contribution in [0, 0.1) is 20.8 Å². The van der Waals surface area contributed by atoms with E-state index in [2.05, 4.69) is 42.8 Å². The highest BCUT2D eigenvalue weighted by atomic mass is 32.1. The second-order valence-corrected chi connectivity index (χ2v) is 7.44. The Labute approximate surface area is 137 Å². The van der Waals surface area contributed by atoms with Crippen LogP contribution in [0.25, 0.3) is 0 Å².